The van der Waals surface area contributed by atoms with Gasteiger partial charge in [0.05, 0.1) is 7.11 Å². The zero-order chi connectivity index (χ0) is 14.6. The highest BCUT2D eigenvalue weighted by Gasteiger charge is 2.14. The van der Waals surface area contributed by atoms with E-state index in [0.717, 1.165) is 12.8 Å². The Morgan fingerprint density at radius 1 is 1.00 bits per heavy atom. The Balaban J connectivity index is 2.01. The Morgan fingerprint density at radius 2 is 1.60 bits per heavy atom. The molecular weight excluding hydrogens is 256 g/mol. The maximum absolute atomic E-state index is 11.1. The molecule has 1 aromatic rings. The molecule has 0 atom stereocenters. The van der Waals surface area contributed by atoms with Crippen molar-refractivity contribution in [2.75, 3.05) is 7.11 Å². The minimum absolute atomic E-state index is 0.0570. The van der Waals surface area contributed by atoms with Gasteiger partial charge < -0.3 is 9.15 Å². The first-order valence-electron chi connectivity index (χ1n) is 7.68. The molecule has 0 N–H and O–H groups in total. The molecule has 20 heavy (non-hydrogen) atoms. The molecule has 114 valence electrons. The summed E-state index contributed by atoms with van der Waals surface area (Å²) in [5.41, 5.74) is 0. The molecule has 0 fully saturated rings. The van der Waals surface area contributed by atoms with Crippen molar-refractivity contribution in [1.82, 2.24) is 10.2 Å². The third-order valence-corrected chi connectivity index (χ3v) is 3.32. The second kappa shape index (κ2) is 10.4. The lowest BCUT2D eigenvalue weighted by atomic mass is 10.1. The topological polar surface area (TPSA) is 65.2 Å². The first-order chi connectivity index (χ1) is 9.77. The number of ether oxygens (including phenoxy) is 1. The number of carbonyl (C=O) groups is 1. The lowest BCUT2D eigenvalue weighted by molar-refractivity contribution is 0.0554. The smallest absolute Gasteiger partial charge is 0.396 e. The van der Waals surface area contributed by atoms with Gasteiger partial charge in [0.15, 0.2) is 0 Å². The summed E-state index contributed by atoms with van der Waals surface area (Å²) in [6.07, 6.45) is 12.2. The van der Waals surface area contributed by atoms with Crippen LogP contribution < -0.4 is 0 Å². The second-order valence-corrected chi connectivity index (χ2v) is 5.07. The third kappa shape index (κ3) is 6.68. The normalized spacial score (nSPS) is 10.7. The lowest BCUT2D eigenvalue weighted by Crippen LogP contribution is -2.00. The van der Waals surface area contributed by atoms with Crippen molar-refractivity contribution >= 4 is 5.97 Å². The number of aryl methyl sites for hydroxylation is 1. The van der Waals surface area contributed by atoms with Gasteiger partial charge in [-0.2, -0.15) is 0 Å². The average molecular weight is 282 g/mol. The van der Waals surface area contributed by atoms with Gasteiger partial charge in [0.2, 0.25) is 5.89 Å². The molecule has 0 aliphatic carbocycles. The first-order valence-corrected chi connectivity index (χ1v) is 7.68. The number of aromatic nitrogens is 2. The molecule has 1 heterocycles. The molecule has 0 unspecified atom stereocenters. The minimum Gasteiger partial charge on any atom is -0.462 e. The van der Waals surface area contributed by atoms with Crippen LogP contribution in [0.15, 0.2) is 4.42 Å². The summed E-state index contributed by atoms with van der Waals surface area (Å²) in [7, 11) is 1.30. The van der Waals surface area contributed by atoms with Crippen molar-refractivity contribution in [1.29, 1.82) is 0 Å². The van der Waals surface area contributed by atoms with E-state index in [9.17, 15) is 4.79 Å². The van der Waals surface area contributed by atoms with Gasteiger partial charge in [0.25, 0.3) is 0 Å². The van der Waals surface area contributed by atoms with E-state index >= 15 is 0 Å². The van der Waals surface area contributed by atoms with Crippen molar-refractivity contribution in [2.45, 2.75) is 71.1 Å². The monoisotopic (exact) mass is 282 g/mol. The largest absolute Gasteiger partial charge is 0.462 e. The van der Waals surface area contributed by atoms with Crippen LogP contribution in [0.5, 0.6) is 0 Å². The van der Waals surface area contributed by atoms with Crippen LogP contribution in [0.25, 0.3) is 0 Å². The Kier molecular flexibility index (Phi) is 8.67. The summed E-state index contributed by atoms with van der Waals surface area (Å²) in [5, 5.41) is 7.49. The summed E-state index contributed by atoms with van der Waals surface area (Å²) in [4.78, 5) is 11.1. The standard InChI is InChI=1S/C15H26N2O3/c1-3-4-5-6-7-8-9-10-11-12-13-16-17-14(20-13)15(18)19-2/h3-12H2,1-2H3. The molecular formula is C15H26N2O3. The zero-order valence-electron chi connectivity index (χ0n) is 12.7. The van der Waals surface area contributed by atoms with E-state index in [-0.39, 0.29) is 5.89 Å². The molecule has 5 heteroatoms. The number of rotatable bonds is 11. The van der Waals surface area contributed by atoms with Crippen molar-refractivity contribution in [2.24, 2.45) is 0 Å². The van der Waals surface area contributed by atoms with E-state index in [0.29, 0.717) is 5.89 Å². The average Bonchev–Trinajstić information content (AvgIpc) is 2.93. The maximum Gasteiger partial charge on any atom is 0.396 e. The molecule has 5 nitrogen and oxygen atoms in total. The van der Waals surface area contributed by atoms with Gasteiger partial charge in [0.1, 0.15) is 0 Å². The molecule has 0 aromatic carbocycles. The number of unbranched alkanes of at least 4 members (excludes halogenated alkanes) is 8. The fourth-order valence-corrected chi connectivity index (χ4v) is 2.11. The summed E-state index contributed by atoms with van der Waals surface area (Å²) in [6.45, 7) is 2.24. The molecule has 0 aliphatic rings. The van der Waals surface area contributed by atoms with Gasteiger partial charge >= 0.3 is 11.9 Å². The number of methoxy groups -OCH3 is 1. The number of hydrogen-bond acceptors (Lipinski definition) is 5. The molecule has 0 amide bonds. The zero-order valence-corrected chi connectivity index (χ0v) is 12.7. The highest BCUT2D eigenvalue weighted by molar-refractivity contribution is 5.83. The van der Waals surface area contributed by atoms with Gasteiger partial charge in [0, 0.05) is 6.42 Å². The Bertz CT molecular complexity index is 377. The molecule has 1 aromatic heterocycles. The molecule has 0 saturated carbocycles. The highest BCUT2D eigenvalue weighted by atomic mass is 16.5. The number of hydrogen-bond donors (Lipinski definition) is 0. The van der Waals surface area contributed by atoms with E-state index in [1.807, 2.05) is 0 Å². The van der Waals surface area contributed by atoms with Crippen LogP contribution in [0, 0.1) is 0 Å². The van der Waals surface area contributed by atoms with Crippen LogP contribution in [0.2, 0.25) is 0 Å². The molecule has 1 rings (SSSR count). The summed E-state index contributed by atoms with van der Waals surface area (Å²) >= 11 is 0. The van der Waals surface area contributed by atoms with Crippen molar-refractivity contribution in [3.8, 4) is 0 Å². The van der Waals surface area contributed by atoms with Crippen molar-refractivity contribution in [3.05, 3.63) is 11.8 Å². The predicted octanol–water partition coefficient (Wildman–Crippen LogP) is 3.93. The number of carbonyl (C=O) groups excluding carboxylic acids is 1. The van der Waals surface area contributed by atoms with E-state index in [1.54, 1.807) is 0 Å². The predicted molar refractivity (Wildman–Crippen MR) is 76.6 cm³/mol. The van der Waals surface area contributed by atoms with Crippen LogP contribution in [-0.2, 0) is 11.2 Å². The quantitative estimate of drug-likeness (QED) is 0.454. The van der Waals surface area contributed by atoms with Crippen LogP contribution in [0.4, 0.5) is 0 Å². The first kappa shape index (κ1) is 16.7. The fourth-order valence-electron chi connectivity index (χ4n) is 2.11. The summed E-state index contributed by atoms with van der Waals surface area (Å²) in [5.74, 6) is -0.109. The fraction of sp³-hybridized carbons (Fsp3) is 0.800. The summed E-state index contributed by atoms with van der Waals surface area (Å²) in [6, 6.07) is 0. The van der Waals surface area contributed by atoms with Gasteiger partial charge in [-0.15, -0.1) is 10.2 Å². The van der Waals surface area contributed by atoms with E-state index in [4.69, 9.17) is 4.42 Å². The van der Waals surface area contributed by atoms with Gasteiger partial charge in [-0.1, -0.05) is 58.3 Å². The minimum atomic E-state index is -0.573. The van der Waals surface area contributed by atoms with Crippen molar-refractivity contribution in [3.63, 3.8) is 0 Å². The number of nitrogens with zero attached hydrogens (tertiary/aromatic N) is 2. The van der Waals surface area contributed by atoms with Crippen LogP contribution in [0.3, 0.4) is 0 Å². The van der Waals surface area contributed by atoms with E-state index in [1.165, 1.54) is 58.5 Å². The van der Waals surface area contributed by atoms with Crippen LogP contribution in [0.1, 0.15) is 81.3 Å². The van der Waals surface area contributed by atoms with Crippen LogP contribution >= 0.6 is 0 Å². The van der Waals surface area contributed by atoms with Crippen molar-refractivity contribution < 1.29 is 13.9 Å². The maximum atomic E-state index is 11.1. The van der Waals surface area contributed by atoms with Crippen LogP contribution in [-0.4, -0.2) is 23.3 Å². The SMILES string of the molecule is CCCCCCCCCCCc1nnc(C(=O)OC)o1. The van der Waals surface area contributed by atoms with E-state index in [2.05, 4.69) is 21.9 Å². The third-order valence-electron chi connectivity index (χ3n) is 3.32. The Morgan fingerprint density at radius 3 is 2.20 bits per heavy atom. The molecule has 0 bridgehead atoms. The molecule has 0 aliphatic heterocycles. The lowest BCUT2D eigenvalue weighted by Gasteiger charge is -2.00. The van der Waals surface area contributed by atoms with Gasteiger partial charge in [-0.3, -0.25) is 0 Å². The van der Waals surface area contributed by atoms with Gasteiger partial charge in [-0.25, -0.2) is 4.79 Å². The number of esters is 1. The summed E-state index contributed by atoms with van der Waals surface area (Å²) < 4.78 is 9.72. The second-order valence-electron chi connectivity index (χ2n) is 5.07. The molecule has 0 radical (unpaired) electrons. The molecule has 0 spiro atoms. The molecule has 0 saturated heterocycles. The Hall–Kier alpha value is -1.39. The highest BCUT2D eigenvalue weighted by Crippen LogP contribution is 2.11. The van der Waals surface area contributed by atoms with E-state index < -0.39 is 5.97 Å². The van der Waals surface area contributed by atoms with Gasteiger partial charge in [-0.05, 0) is 6.42 Å². The Labute approximate surface area is 121 Å².